The van der Waals surface area contributed by atoms with E-state index in [1.807, 2.05) is 18.2 Å². The van der Waals surface area contributed by atoms with Gasteiger partial charge in [0, 0.05) is 30.9 Å². The summed E-state index contributed by atoms with van der Waals surface area (Å²) < 4.78 is 16.6. The van der Waals surface area contributed by atoms with Crippen molar-refractivity contribution in [2.75, 3.05) is 51.9 Å². The van der Waals surface area contributed by atoms with Crippen molar-refractivity contribution in [2.45, 2.75) is 19.4 Å². The summed E-state index contributed by atoms with van der Waals surface area (Å²) in [5, 5.41) is 12.3. The molecular weight excluding hydrogens is 394 g/mol. The Bertz CT molecular complexity index is 902. The summed E-state index contributed by atoms with van der Waals surface area (Å²) in [5.74, 6) is 0.248. The summed E-state index contributed by atoms with van der Waals surface area (Å²) in [4.78, 5) is 15.0. The van der Waals surface area contributed by atoms with Crippen LogP contribution in [0.4, 0.5) is 5.69 Å². The molecule has 1 unspecified atom stereocenters. The highest BCUT2D eigenvalue weighted by Gasteiger charge is 2.25. The number of carbonyl (C=O) groups excluding carboxylic acids is 1. The van der Waals surface area contributed by atoms with E-state index in [4.69, 9.17) is 19.5 Å². The van der Waals surface area contributed by atoms with Crippen molar-refractivity contribution in [3.05, 3.63) is 59.2 Å². The second-order valence-electron chi connectivity index (χ2n) is 7.32. The second-order valence-corrected chi connectivity index (χ2v) is 7.32. The third-order valence-electron chi connectivity index (χ3n) is 5.32. The Hall–Kier alpha value is -3.08. The SMILES string of the molecule is CCc1ccc(OCCN2CCOCC2)c(C(Nc2ccc(C#N)cc2)C(=O)OC)c1. The third-order valence-corrected chi connectivity index (χ3v) is 5.32. The molecule has 0 saturated carbocycles. The number of carbonyl (C=O) groups is 1. The van der Waals surface area contributed by atoms with Crippen LogP contribution in [0.1, 0.15) is 29.7 Å². The smallest absolute Gasteiger partial charge is 0.333 e. The number of morpholine rings is 1. The topological polar surface area (TPSA) is 83.8 Å². The number of nitriles is 1. The average Bonchev–Trinajstić information content (AvgIpc) is 2.83. The largest absolute Gasteiger partial charge is 0.492 e. The lowest BCUT2D eigenvalue weighted by Crippen LogP contribution is -2.38. The van der Waals surface area contributed by atoms with Gasteiger partial charge in [0.15, 0.2) is 6.04 Å². The Kier molecular flexibility index (Phi) is 8.27. The zero-order chi connectivity index (χ0) is 22.1. The molecule has 0 bridgehead atoms. The van der Waals surface area contributed by atoms with Gasteiger partial charge in [-0.3, -0.25) is 4.90 Å². The summed E-state index contributed by atoms with van der Waals surface area (Å²) >= 11 is 0. The van der Waals surface area contributed by atoms with Crippen molar-refractivity contribution in [1.82, 2.24) is 4.90 Å². The highest BCUT2D eigenvalue weighted by atomic mass is 16.5. The standard InChI is InChI=1S/C24H29N3O4/c1-3-18-6-9-22(31-15-12-27-10-13-30-14-11-27)21(16-18)23(24(28)29-2)26-20-7-4-19(17-25)5-8-20/h4-9,16,23,26H,3,10-15H2,1-2H3. The van der Waals surface area contributed by atoms with Crippen LogP contribution in [0.25, 0.3) is 0 Å². The first-order valence-corrected chi connectivity index (χ1v) is 10.5. The normalized spacial score (nSPS) is 15.0. The first kappa shape index (κ1) is 22.6. The molecule has 0 spiro atoms. The van der Waals surface area contributed by atoms with Crippen LogP contribution in [0, 0.1) is 11.3 Å². The summed E-state index contributed by atoms with van der Waals surface area (Å²) in [5.41, 5.74) is 3.11. The van der Waals surface area contributed by atoms with Crippen LogP contribution in [0.3, 0.4) is 0 Å². The lowest BCUT2D eigenvalue weighted by atomic mass is 10.0. The molecule has 1 N–H and O–H groups in total. The lowest BCUT2D eigenvalue weighted by molar-refractivity contribution is -0.141. The highest BCUT2D eigenvalue weighted by molar-refractivity contribution is 5.82. The molecule has 1 aliphatic heterocycles. The second kappa shape index (κ2) is 11.3. The lowest BCUT2D eigenvalue weighted by Gasteiger charge is -2.27. The van der Waals surface area contributed by atoms with Gasteiger partial charge in [0.2, 0.25) is 0 Å². The molecule has 0 amide bonds. The minimum atomic E-state index is -0.733. The molecule has 0 radical (unpaired) electrons. The fourth-order valence-corrected chi connectivity index (χ4v) is 3.47. The number of nitrogens with zero attached hydrogens (tertiary/aromatic N) is 2. The van der Waals surface area contributed by atoms with Crippen molar-refractivity contribution in [1.29, 1.82) is 5.26 Å². The maximum atomic E-state index is 12.7. The number of rotatable bonds is 9. The van der Waals surface area contributed by atoms with Gasteiger partial charge >= 0.3 is 5.97 Å². The number of hydrogen-bond acceptors (Lipinski definition) is 7. The van der Waals surface area contributed by atoms with Gasteiger partial charge in [-0.2, -0.15) is 5.26 Å². The predicted octanol–water partition coefficient (Wildman–Crippen LogP) is 3.16. The van der Waals surface area contributed by atoms with E-state index >= 15 is 0 Å². The molecular formula is C24H29N3O4. The van der Waals surface area contributed by atoms with Gasteiger partial charge in [0.25, 0.3) is 0 Å². The van der Waals surface area contributed by atoms with E-state index in [9.17, 15) is 4.79 Å². The fraction of sp³-hybridized carbons (Fsp3) is 0.417. The molecule has 1 heterocycles. The van der Waals surface area contributed by atoms with Gasteiger partial charge in [0.1, 0.15) is 12.4 Å². The van der Waals surface area contributed by atoms with Crippen LogP contribution < -0.4 is 10.1 Å². The van der Waals surface area contributed by atoms with Crippen LogP contribution in [-0.2, 0) is 20.7 Å². The van der Waals surface area contributed by atoms with Gasteiger partial charge in [-0.15, -0.1) is 0 Å². The van der Waals surface area contributed by atoms with Gasteiger partial charge in [0.05, 0.1) is 32.0 Å². The molecule has 7 heteroatoms. The molecule has 1 fully saturated rings. The van der Waals surface area contributed by atoms with E-state index in [0.29, 0.717) is 17.9 Å². The molecule has 1 saturated heterocycles. The minimum Gasteiger partial charge on any atom is -0.492 e. The molecule has 2 aromatic rings. The Morgan fingerprint density at radius 1 is 1.23 bits per heavy atom. The van der Waals surface area contributed by atoms with Crippen molar-refractivity contribution in [3.63, 3.8) is 0 Å². The van der Waals surface area contributed by atoms with Crippen LogP contribution in [0.15, 0.2) is 42.5 Å². The van der Waals surface area contributed by atoms with Gasteiger partial charge in [-0.25, -0.2) is 4.79 Å². The Labute approximate surface area is 183 Å². The number of anilines is 1. The summed E-state index contributed by atoms with van der Waals surface area (Å²) in [6.45, 7) is 6.67. The Balaban J connectivity index is 1.81. The first-order valence-electron chi connectivity index (χ1n) is 10.5. The van der Waals surface area contributed by atoms with Crippen LogP contribution in [-0.4, -0.2) is 57.4 Å². The summed E-state index contributed by atoms with van der Waals surface area (Å²) in [6.07, 6.45) is 0.839. The van der Waals surface area contributed by atoms with Crippen molar-refractivity contribution >= 4 is 11.7 Å². The van der Waals surface area contributed by atoms with E-state index in [-0.39, 0.29) is 0 Å². The first-order chi connectivity index (χ1) is 15.1. The molecule has 164 valence electrons. The summed E-state index contributed by atoms with van der Waals surface area (Å²) in [6, 6.07) is 14.3. The predicted molar refractivity (Wildman–Crippen MR) is 118 cm³/mol. The van der Waals surface area contributed by atoms with Crippen molar-refractivity contribution in [2.24, 2.45) is 0 Å². The zero-order valence-electron chi connectivity index (χ0n) is 18.1. The van der Waals surface area contributed by atoms with Crippen molar-refractivity contribution < 1.29 is 19.0 Å². The number of ether oxygens (including phenoxy) is 3. The van der Waals surface area contributed by atoms with Crippen molar-refractivity contribution in [3.8, 4) is 11.8 Å². The Morgan fingerprint density at radius 3 is 2.61 bits per heavy atom. The van der Waals surface area contributed by atoms with E-state index in [1.165, 1.54) is 7.11 Å². The Morgan fingerprint density at radius 2 is 1.97 bits per heavy atom. The maximum Gasteiger partial charge on any atom is 0.333 e. The molecule has 2 aromatic carbocycles. The number of nitrogens with one attached hydrogen (secondary N) is 1. The average molecular weight is 424 g/mol. The molecule has 31 heavy (non-hydrogen) atoms. The van der Waals surface area contributed by atoms with E-state index < -0.39 is 12.0 Å². The number of aryl methyl sites for hydroxylation is 1. The molecule has 7 nitrogen and oxygen atoms in total. The van der Waals surface area contributed by atoms with E-state index in [1.54, 1.807) is 24.3 Å². The van der Waals surface area contributed by atoms with Gasteiger partial charge in [-0.05, 0) is 48.4 Å². The number of benzene rings is 2. The molecule has 0 aromatic heterocycles. The zero-order valence-corrected chi connectivity index (χ0v) is 18.1. The monoisotopic (exact) mass is 423 g/mol. The summed E-state index contributed by atoms with van der Waals surface area (Å²) in [7, 11) is 1.37. The van der Waals surface area contributed by atoms with Gasteiger partial charge in [-0.1, -0.05) is 13.0 Å². The molecule has 3 rings (SSSR count). The van der Waals surface area contributed by atoms with E-state index in [0.717, 1.165) is 56.1 Å². The van der Waals surface area contributed by atoms with Crippen LogP contribution >= 0.6 is 0 Å². The minimum absolute atomic E-state index is 0.407. The van der Waals surface area contributed by atoms with Crippen LogP contribution in [0.5, 0.6) is 5.75 Å². The maximum absolute atomic E-state index is 12.7. The molecule has 0 aliphatic carbocycles. The van der Waals surface area contributed by atoms with E-state index in [2.05, 4.69) is 23.2 Å². The third kappa shape index (κ3) is 6.20. The number of esters is 1. The highest BCUT2D eigenvalue weighted by Crippen LogP contribution is 2.31. The van der Waals surface area contributed by atoms with Gasteiger partial charge < -0.3 is 19.5 Å². The molecule has 1 aliphatic rings. The fourth-order valence-electron chi connectivity index (χ4n) is 3.47. The molecule has 1 atom stereocenters. The number of hydrogen-bond donors (Lipinski definition) is 1. The quantitative estimate of drug-likeness (QED) is 0.620. The van der Waals surface area contributed by atoms with Crippen LogP contribution in [0.2, 0.25) is 0 Å². The number of methoxy groups -OCH3 is 1.